The van der Waals surface area contributed by atoms with Gasteiger partial charge in [0, 0.05) is 26.3 Å². The molecule has 2 aromatic carbocycles. The van der Waals surface area contributed by atoms with E-state index < -0.39 is 21.9 Å². The molecule has 128 valence electrons. The summed E-state index contributed by atoms with van der Waals surface area (Å²) in [5.41, 5.74) is 1.30. The number of hydrogen-bond donors (Lipinski definition) is 2. The minimum atomic E-state index is -3.79. The Bertz CT molecular complexity index is 804. The molecule has 2 N–H and O–H groups in total. The van der Waals surface area contributed by atoms with Gasteiger partial charge in [0.1, 0.15) is 0 Å². The van der Waals surface area contributed by atoms with E-state index in [1.54, 1.807) is 53.4 Å². The van der Waals surface area contributed by atoms with Crippen LogP contribution in [-0.2, 0) is 14.8 Å². The molecule has 0 saturated heterocycles. The number of anilines is 1. The lowest BCUT2D eigenvalue weighted by molar-refractivity contribution is -0.138. The number of carboxylic acids is 1. The second kappa shape index (κ2) is 7.46. The lowest BCUT2D eigenvalue weighted by Crippen LogP contribution is -2.31. The predicted octanol–water partition coefficient (Wildman–Crippen LogP) is 1.90. The zero-order valence-corrected chi connectivity index (χ0v) is 14.3. The van der Waals surface area contributed by atoms with Crippen LogP contribution in [0.4, 0.5) is 5.69 Å². The highest BCUT2D eigenvalue weighted by molar-refractivity contribution is 7.89. The van der Waals surface area contributed by atoms with Crippen LogP contribution in [-0.4, -0.2) is 40.1 Å². The lowest BCUT2D eigenvalue weighted by Gasteiger charge is -2.16. The number of rotatable bonds is 7. The van der Waals surface area contributed by atoms with Gasteiger partial charge >= 0.3 is 5.97 Å². The Morgan fingerprint density at radius 2 is 1.79 bits per heavy atom. The molecule has 1 atom stereocenters. The highest BCUT2D eigenvalue weighted by Gasteiger charge is 2.23. The minimum Gasteiger partial charge on any atom is -0.481 e. The number of carbonyl (C=O) groups is 1. The summed E-state index contributed by atoms with van der Waals surface area (Å²) in [5.74, 6) is -2.02. The molecular formula is C17H20N2O4S. The molecule has 0 aliphatic carbocycles. The standard InChI is InChI=1S/C17H20N2O4S/c1-19(2)14-9-6-10-15(11-14)24(22,23)18-12-16(17(20)21)13-7-4-3-5-8-13/h3-11,16,18H,12H2,1-2H3,(H,20,21). The van der Waals surface area contributed by atoms with E-state index in [2.05, 4.69) is 4.72 Å². The summed E-state index contributed by atoms with van der Waals surface area (Å²) in [6.45, 7) is -0.214. The summed E-state index contributed by atoms with van der Waals surface area (Å²) >= 11 is 0. The minimum absolute atomic E-state index is 0.103. The van der Waals surface area contributed by atoms with Gasteiger partial charge in [-0.3, -0.25) is 4.79 Å². The van der Waals surface area contributed by atoms with E-state index in [4.69, 9.17) is 0 Å². The summed E-state index contributed by atoms with van der Waals surface area (Å²) in [6, 6.07) is 15.0. The van der Waals surface area contributed by atoms with Crippen LogP contribution in [0.1, 0.15) is 11.5 Å². The van der Waals surface area contributed by atoms with Gasteiger partial charge in [-0.25, -0.2) is 13.1 Å². The quantitative estimate of drug-likeness (QED) is 0.798. The van der Waals surface area contributed by atoms with Crippen molar-refractivity contribution >= 4 is 21.7 Å². The molecule has 6 nitrogen and oxygen atoms in total. The van der Waals surface area contributed by atoms with Crippen molar-refractivity contribution in [2.75, 3.05) is 25.5 Å². The van der Waals surface area contributed by atoms with Crippen molar-refractivity contribution in [3.63, 3.8) is 0 Å². The van der Waals surface area contributed by atoms with Crippen LogP contribution in [0.5, 0.6) is 0 Å². The van der Waals surface area contributed by atoms with Crippen LogP contribution >= 0.6 is 0 Å². The molecule has 2 rings (SSSR count). The van der Waals surface area contributed by atoms with Crippen LogP contribution in [0.3, 0.4) is 0 Å². The fourth-order valence-corrected chi connectivity index (χ4v) is 3.32. The first kappa shape index (κ1) is 18.0. The van der Waals surface area contributed by atoms with E-state index in [1.165, 1.54) is 6.07 Å². The van der Waals surface area contributed by atoms with Crippen molar-refractivity contribution in [2.24, 2.45) is 0 Å². The predicted molar refractivity (Wildman–Crippen MR) is 92.8 cm³/mol. The highest BCUT2D eigenvalue weighted by Crippen LogP contribution is 2.19. The largest absolute Gasteiger partial charge is 0.481 e. The van der Waals surface area contributed by atoms with Crippen LogP contribution in [0.15, 0.2) is 59.5 Å². The van der Waals surface area contributed by atoms with E-state index in [9.17, 15) is 18.3 Å². The van der Waals surface area contributed by atoms with Crippen LogP contribution in [0.2, 0.25) is 0 Å². The van der Waals surface area contributed by atoms with Crippen LogP contribution in [0, 0.1) is 0 Å². The van der Waals surface area contributed by atoms with Crippen molar-refractivity contribution in [1.82, 2.24) is 4.72 Å². The number of sulfonamides is 1. The maximum Gasteiger partial charge on any atom is 0.312 e. The summed E-state index contributed by atoms with van der Waals surface area (Å²) in [4.78, 5) is 13.4. The number of nitrogens with zero attached hydrogens (tertiary/aromatic N) is 1. The van der Waals surface area contributed by atoms with Crippen molar-refractivity contribution < 1.29 is 18.3 Å². The number of nitrogens with one attached hydrogen (secondary N) is 1. The molecule has 0 aromatic heterocycles. The van der Waals surface area contributed by atoms with Gasteiger partial charge in [0.05, 0.1) is 10.8 Å². The van der Waals surface area contributed by atoms with Crippen molar-refractivity contribution in [1.29, 1.82) is 0 Å². The second-order valence-corrected chi connectivity index (χ2v) is 7.31. The topological polar surface area (TPSA) is 86.7 Å². The monoisotopic (exact) mass is 348 g/mol. The van der Waals surface area contributed by atoms with Gasteiger partial charge in [0.2, 0.25) is 10.0 Å². The maximum absolute atomic E-state index is 12.4. The Kier molecular flexibility index (Phi) is 5.58. The average molecular weight is 348 g/mol. The Labute approximate surface area is 141 Å². The molecule has 0 amide bonds. The number of hydrogen-bond acceptors (Lipinski definition) is 4. The molecule has 0 bridgehead atoms. The Morgan fingerprint density at radius 1 is 1.12 bits per heavy atom. The first-order valence-electron chi connectivity index (χ1n) is 7.36. The van der Waals surface area contributed by atoms with E-state index in [0.29, 0.717) is 5.56 Å². The van der Waals surface area contributed by atoms with E-state index in [0.717, 1.165) is 5.69 Å². The Balaban J connectivity index is 2.19. The van der Waals surface area contributed by atoms with E-state index in [1.807, 2.05) is 14.1 Å². The molecule has 0 heterocycles. The third kappa shape index (κ3) is 4.33. The zero-order valence-electron chi connectivity index (χ0n) is 13.5. The van der Waals surface area contributed by atoms with Gasteiger partial charge in [-0.2, -0.15) is 0 Å². The summed E-state index contributed by atoms with van der Waals surface area (Å²) in [7, 11) is -0.164. The lowest BCUT2D eigenvalue weighted by atomic mass is 10.00. The second-order valence-electron chi connectivity index (χ2n) is 5.55. The highest BCUT2D eigenvalue weighted by atomic mass is 32.2. The third-order valence-electron chi connectivity index (χ3n) is 3.62. The Morgan fingerprint density at radius 3 is 2.38 bits per heavy atom. The average Bonchev–Trinajstić information content (AvgIpc) is 2.55. The summed E-state index contributed by atoms with van der Waals surface area (Å²) < 4.78 is 27.3. The van der Waals surface area contributed by atoms with Gasteiger partial charge in [-0.1, -0.05) is 36.4 Å². The molecular weight excluding hydrogens is 328 g/mol. The maximum atomic E-state index is 12.4. The van der Waals surface area contributed by atoms with E-state index in [-0.39, 0.29) is 11.4 Å². The molecule has 1 unspecified atom stereocenters. The SMILES string of the molecule is CN(C)c1cccc(S(=O)(=O)NCC(C(=O)O)c2ccccc2)c1. The van der Waals surface area contributed by atoms with Crippen LogP contribution < -0.4 is 9.62 Å². The van der Waals surface area contributed by atoms with Crippen LogP contribution in [0.25, 0.3) is 0 Å². The van der Waals surface area contributed by atoms with Gasteiger partial charge in [-0.15, -0.1) is 0 Å². The smallest absolute Gasteiger partial charge is 0.312 e. The number of carboxylic acid groups (broad SMARTS) is 1. The fraction of sp³-hybridized carbons (Fsp3) is 0.235. The molecule has 0 spiro atoms. The van der Waals surface area contributed by atoms with Gasteiger partial charge in [0.25, 0.3) is 0 Å². The first-order valence-corrected chi connectivity index (χ1v) is 8.84. The number of benzene rings is 2. The zero-order chi connectivity index (χ0) is 17.7. The molecule has 0 aliphatic rings. The normalized spacial score (nSPS) is 12.6. The molecule has 2 aromatic rings. The van der Waals surface area contributed by atoms with Gasteiger partial charge in [0.15, 0.2) is 0 Å². The van der Waals surface area contributed by atoms with E-state index >= 15 is 0 Å². The Hall–Kier alpha value is -2.38. The fourth-order valence-electron chi connectivity index (χ4n) is 2.24. The van der Waals surface area contributed by atoms with Crippen molar-refractivity contribution in [2.45, 2.75) is 10.8 Å². The van der Waals surface area contributed by atoms with Crippen molar-refractivity contribution in [3.05, 3.63) is 60.2 Å². The summed E-state index contributed by atoms with van der Waals surface area (Å²) in [5, 5.41) is 9.37. The molecule has 0 saturated carbocycles. The molecule has 24 heavy (non-hydrogen) atoms. The molecule has 0 fully saturated rings. The molecule has 0 aliphatic heterocycles. The summed E-state index contributed by atoms with van der Waals surface area (Å²) in [6.07, 6.45) is 0. The van der Waals surface area contributed by atoms with Crippen molar-refractivity contribution in [3.8, 4) is 0 Å². The van der Waals surface area contributed by atoms with Gasteiger partial charge < -0.3 is 10.0 Å². The number of aliphatic carboxylic acids is 1. The first-order chi connectivity index (χ1) is 11.3. The molecule has 0 radical (unpaired) electrons. The third-order valence-corrected chi connectivity index (χ3v) is 5.04. The molecule has 7 heteroatoms. The van der Waals surface area contributed by atoms with Gasteiger partial charge in [-0.05, 0) is 23.8 Å².